The Bertz CT molecular complexity index is 471. The Hall–Kier alpha value is -1.60. The van der Waals surface area contributed by atoms with Crippen LogP contribution in [-0.2, 0) is 4.74 Å². The van der Waals surface area contributed by atoms with Crippen LogP contribution in [0.1, 0.15) is 29.6 Å². The van der Waals surface area contributed by atoms with Crippen LogP contribution in [0, 0.1) is 0 Å². The lowest BCUT2D eigenvalue weighted by atomic mass is 10.3. The Morgan fingerprint density at radius 1 is 1.55 bits per heavy atom. The molecule has 0 aromatic carbocycles. The highest BCUT2D eigenvalue weighted by Crippen LogP contribution is 2.28. The van der Waals surface area contributed by atoms with E-state index in [-0.39, 0.29) is 11.7 Å². The summed E-state index contributed by atoms with van der Waals surface area (Å²) in [6.07, 6.45) is 4.74. The average Bonchev–Trinajstić information content (AvgIpc) is 3.15. The van der Waals surface area contributed by atoms with Crippen molar-refractivity contribution in [1.82, 2.24) is 9.69 Å². The summed E-state index contributed by atoms with van der Waals surface area (Å²) in [5.41, 5.74) is 6.22. The van der Waals surface area contributed by atoms with Gasteiger partial charge in [-0.15, -0.1) is 6.58 Å². The van der Waals surface area contributed by atoms with Gasteiger partial charge < -0.3 is 21.1 Å². The number of nitrogens with zero attached hydrogens (tertiary/aromatic N) is 1. The average molecular weight is 296 g/mol. The maximum atomic E-state index is 12.1. The molecular formula is C13H20N4O2S. The number of nitrogens with one attached hydrogen (secondary N) is 2. The van der Waals surface area contributed by atoms with Gasteiger partial charge in [0.2, 0.25) is 0 Å². The molecule has 0 spiro atoms. The number of nitrogens with two attached hydrogens (primary N) is 1. The molecule has 110 valence electrons. The zero-order valence-corrected chi connectivity index (χ0v) is 12.2. The van der Waals surface area contributed by atoms with Crippen LogP contribution in [0.25, 0.3) is 0 Å². The first kappa shape index (κ1) is 14.8. The maximum Gasteiger partial charge on any atom is 0.258 e. The molecule has 0 radical (unpaired) electrons. The predicted octanol–water partition coefficient (Wildman–Crippen LogP) is 1.62. The Morgan fingerprint density at radius 2 is 2.35 bits per heavy atom. The standard InChI is InChI=1S/C13H20N4O2S/c1-2-3-7-19-8-6-15-13-10(11(14)17-20-13)12(18)16-9-4-5-9/h2,9,15H,1,3-8H2,(H2,14,17)(H,16,18). The minimum Gasteiger partial charge on any atom is -0.382 e. The van der Waals surface area contributed by atoms with Crippen LogP contribution in [0.2, 0.25) is 0 Å². The van der Waals surface area contributed by atoms with Crippen molar-refractivity contribution in [2.24, 2.45) is 0 Å². The number of hydrogen-bond acceptors (Lipinski definition) is 6. The van der Waals surface area contributed by atoms with E-state index in [4.69, 9.17) is 10.5 Å². The molecule has 1 aliphatic carbocycles. The van der Waals surface area contributed by atoms with E-state index in [0.29, 0.717) is 36.4 Å². The number of amides is 1. The second-order valence-corrected chi connectivity index (χ2v) is 5.41. The minimum atomic E-state index is -0.145. The molecule has 1 amide bonds. The third-order valence-corrected chi connectivity index (χ3v) is 3.68. The number of nitrogen functional groups attached to an aromatic ring is 1. The van der Waals surface area contributed by atoms with Gasteiger partial charge in [0.1, 0.15) is 10.6 Å². The highest BCUT2D eigenvalue weighted by atomic mass is 32.1. The molecule has 0 bridgehead atoms. The van der Waals surface area contributed by atoms with Crippen LogP contribution in [0.5, 0.6) is 0 Å². The quantitative estimate of drug-likeness (QED) is 0.476. The lowest BCUT2D eigenvalue weighted by molar-refractivity contribution is 0.0953. The van der Waals surface area contributed by atoms with Crippen molar-refractivity contribution in [3.8, 4) is 0 Å². The molecular weight excluding hydrogens is 276 g/mol. The summed E-state index contributed by atoms with van der Waals surface area (Å²) >= 11 is 1.20. The van der Waals surface area contributed by atoms with Crippen molar-refractivity contribution in [2.75, 3.05) is 30.8 Å². The monoisotopic (exact) mass is 296 g/mol. The highest BCUT2D eigenvalue weighted by Gasteiger charge is 2.27. The third-order valence-electron chi connectivity index (χ3n) is 2.86. The topological polar surface area (TPSA) is 89.3 Å². The summed E-state index contributed by atoms with van der Waals surface area (Å²) in [4.78, 5) is 12.1. The summed E-state index contributed by atoms with van der Waals surface area (Å²) in [5.74, 6) is 0.136. The molecule has 1 aromatic heterocycles. The Labute approximate surface area is 122 Å². The summed E-state index contributed by atoms with van der Waals surface area (Å²) < 4.78 is 9.43. The largest absolute Gasteiger partial charge is 0.382 e. The molecule has 1 aromatic rings. The van der Waals surface area contributed by atoms with Crippen molar-refractivity contribution < 1.29 is 9.53 Å². The van der Waals surface area contributed by atoms with Gasteiger partial charge >= 0.3 is 0 Å². The molecule has 1 aliphatic rings. The summed E-state index contributed by atoms with van der Waals surface area (Å²) in [5, 5.41) is 6.77. The summed E-state index contributed by atoms with van der Waals surface area (Å²) in [7, 11) is 0. The number of ether oxygens (including phenoxy) is 1. The number of aromatic nitrogens is 1. The Morgan fingerprint density at radius 3 is 3.05 bits per heavy atom. The van der Waals surface area contributed by atoms with E-state index >= 15 is 0 Å². The molecule has 4 N–H and O–H groups in total. The molecule has 2 rings (SSSR count). The van der Waals surface area contributed by atoms with E-state index in [2.05, 4.69) is 21.6 Å². The van der Waals surface area contributed by atoms with Crippen LogP contribution in [0.3, 0.4) is 0 Å². The van der Waals surface area contributed by atoms with Crippen molar-refractivity contribution in [3.05, 3.63) is 18.2 Å². The van der Waals surface area contributed by atoms with Gasteiger partial charge in [0.05, 0.1) is 13.2 Å². The van der Waals surface area contributed by atoms with Crippen LogP contribution in [0.4, 0.5) is 10.8 Å². The first-order valence-corrected chi connectivity index (χ1v) is 7.48. The number of hydrogen-bond donors (Lipinski definition) is 3. The number of anilines is 2. The Balaban J connectivity index is 1.81. The fourth-order valence-corrected chi connectivity index (χ4v) is 2.37. The molecule has 6 nitrogen and oxygen atoms in total. The fraction of sp³-hybridized carbons (Fsp3) is 0.538. The van der Waals surface area contributed by atoms with E-state index in [9.17, 15) is 4.79 Å². The van der Waals surface area contributed by atoms with Gasteiger partial charge in [-0.3, -0.25) is 4.79 Å². The molecule has 0 aliphatic heterocycles. The lowest BCUT2D eigenvalue weighted by Gasteiger charge is -2.08. The fourth-order valence-electron chi connectivity index (χ4n) is 1.63. The number of rotatable bonds is 9. The molecule has 20 heavy (non-hydrogen) atoms. The van der Waals surface area contributed by atoms with Crippen LogP contribution in [0.15, 0.2) is 12.7 Å². The smallest absolute Gasteiger partial charge is 0.258 e. The number of carbonyl (C=O) groups is 1. The molecule has 1 fully saturated rings. The summed E-state index contributed by atoms with van der Waals surface area (Å²) in [6, 6.07) is 0.303. The first-order chi connectivity index (χ1) is 9.72. The molecule has 7 heteroatoms. The summed E-state index contributed by atoms with van der Waals surface area (Å²) in [6.45, 7) is 5.46. The van der Waals surface area contributed by atoms with E-state index < -0.39 is 0 Å². The lowest BCUT2D eigenvalue weighted by Crippen LogP contribution is -2.26. The third kappa shape index (κ3) is 4.21. The van der Waals surface area contributed by atoms with Crippen molar-refractivity contribution in [3.63, 3.8) is 0 Å². The molecule has 1 saturated carbocycles. The van der Waals surface area contributed by atoms with Gasteiger partial charge in [-0.2, -0.15) is 4.37 Å². The molecule has 0 atom stereocenters. The maximum absolute atomic E-state index is 12.1. The van der Waals surface area contributed by atoms with E-state index in [1.807, 2.05) is 6.08 Å². The minimum absolute atomic E-state index is 0.145. The van der Waals surface area contributed by atoms with Crippen molar-refractivity contribution in [1.29, 1.82) is 0 Å². The van der Waals surface area contributed by atoms with Gasteiger partial charge in [0.15, 0.2) is 5.82 Å². The highest BCUT2D eigenvalue weighted by molar-refractivity contribution is 7.11. The van der Waals surface area contributed by atoms with E-state index in [0.717, 1.165) is 19.3 Å². The zero-order valence-electron chi connectivity index (χ0n) is 11.4. The van der Waals surface area contributed by atoms with Gasteiger partial charge in [-0.05, 0) is 30.8 Å². The van der Waals surface area contributed by atoms with Gasteiger partial charge in [0, 0.05) is 12.6 Å². The first-order valence-electron chi connectivity index (χ1n) is 6.71. The van der Waals surface area contributed by atoms with Crippen molar-refractivity contribution in [2.45, 2.75) is 25.3 Å². The predicted molar refractivity (Wildman–Crippen MR) is 81.1 cm³/mol. The van der Waals surface area contributed by atoms with Gasteiger partial charge in [-0.1, -0.05) is 6.08 Å². The molecule has 1 heterocycles. The number of carbonyl (C=O) groups excluding carboxylic acids is 1. The van der Waals surface area contributed by atoms with Crippen LogP contribution in [-0.4, -0.2) is 36.1 Å². The van der Waals surface area contributed by atoms with E-state index in [1.165, 1.54) is 11.5 Å². The second kappa shape index (κ2) is 7.25. The Kier molecular flexibility index (Phi) is 5.37. The van der Waals surface area contributed by atoms with Crippen molar-refractivity contribution >= 4 is 28.3 Å². The second-order valence-electron chi connectivity index (χ2n) is 4.64. The zero-order chi connectivity index (χ0) is 14.4. The van der Waals surface area contributed by atoms with Crippen LogP contribution >= 0.6 is 11.5 Å². The normalized spacial score (nSPS) is 14.0. The SMILES string of the molecule is C=CCCOCCNc1snc(N)c1C(=O)NC1CC1. The molecule has 0 saturated heterocycles. The van der Waals surface area contributed by atoms with Crippen LogP contribution < -0.4 is 16.4 Å². The van der Waals surface area contributed by atoms with E-state index in [1.54, 1.807) is 0 Å². The molecule has 0 unspecified atom stereocenters. The van der Waals surface area contributed by atoms with Gasteiger partial charge in [0.25, 0.3) is 5.91 Å². The van der Waals surface area contributed by atoms with Gasteiger partial charge in [-0.25, -0.2) is 0 Å².